The Bertz CT molecular complexity index is 868. The molecule has 0 saturated carbocycles. The van der Waals surface area contributed by atoms with Crippen molar-refractivity contribution in [1.82, 2.24) is 15.2 Å². The van der Waals surface area contributed by atoms with E-state index in [-0.39, 0.29) is 0 Å². The molecule has 0 spiro atoms. The Balaban J connectivity index is 1.80. The number of allylic oxidation sites excluding steroid dienone is 1. The highest BCUT2D eigenvalue weighted by molar-refractivity contribution is 5.97. The number of rotatable bonds is 9. The second kappa shape index (κ2) is 10.1. The Morgan fingerprint density at radius 1 is 1.23 bits per heavy atom. The summed E-state index contributed by atoms with van der Waals surface area (Å²) in [4.78, 5) is 9.56. The molecule has 0 amide bonds. The van der Waals surface area contributed by atoms with Gasteiger partial charge in [0.1, 0.15) is 5.82 Å². The van der Waals surface area contributed by atoms with Gasteiger partial charge in [-0.1, -0.05) is 19.9 Å². The number of nitrogens with two attached hydrogens (primary N) is 1. The molecule has 0 bridgehead atoms. The molecule has 6 nitrogen and oxygen atoms in total. The number of aromatic nitrogens is 1. The van der Waals surface area contributed by atoms with Gasteiger partial charge in [0.25, 0.3) is 0 Å². The van der Waals surface area contributed by atoms with E-state index in [4.69, 9.17) is 5.73 Å². The highest BCUT2D eigenvalue weighted by atomic mass is 15.3. The van der Waals surface area contributed by atoms with Gasteiger partial charge in [-0.05, 0) is 51.8 Å². The van der Waals surface area contributed by atoms with Crippen LogP contribution in [0.5, 0.6) is 0 Å². The van der Waals surface area contributed by atoms with Gasteiger partial charge in [-0.2, -0.15) is 0 Å². The standard InChI is InChI=1S/C24H38N6/c1-6-7-8-18(4)27-23-19(5)24(25)28-22-10-9-20(15-21(22)23)30-13-11-29(12-14-30)16-26-17(2)3/h9-10,15,17,26H,4,6-8,11-14,16H2,1-3,5H3,(H3,25,27,28). The van der Waals surface area contributed by atoms with Gasteiger partial charge in [0, 0.05) is 61.2 Å². The number of anilines is 3. The summed E-state index contributed by atoms with van der Waals surface area (Å²) in [5.74, 6) is 0.576. The van der Waals surface area contributed by atoms with E-state index in [1.807, 2.05) is 6.92 Å². The largest absolute Gasteiger partial charge is 0.383 e. The predicted molar refractivity (Wildman–Crippen MR) is 130 cm³/mol. The summed E-state index contributed by atoms with van der Waals surface area (Å²) in [7, 11) is 0. The first-order chi connectivity index (χ1) is 14.4. The van der Waals surface area contributed by atoms with Gasteiger partial charge in [0.2, 0.25) is 0 Å². The molecule has 1 aliphatic rings. The molecule has 164 valence electrons. The quantitative estimate of drug-likeness (QED) is 0.572. The van der Waals surface area contributed by atoms with Crippen molar-refractivity contribution in [3.8, 4) is 0 Å². The lowest BCUT2D eigenvalue weighted by molar-refractivity contribution is 0.231. The van der Waals surface area contributed by atoms with Crippen LogP contribution in [0.15, 0.2) is 30.5 Å². The fraction of sp³-hybridized carbons (Fsp3) is 0.542. The van der Waals surface area contributed by atoms with E-state index in [1.165, 1.54) is 5.69 Å². The topological polar surface area (TPSA) is 69.5 Å². The number of benzene rings is 1. The lowest BCUT2D eigenvalue weighted by Crippen LogP contribution is -2.50. The molecule has 4 N–H and O–H groups in total. The minimum atomic E-state index is 0.518. The van der Waals surface area contributed by atoms with E-state index < -0.39 is 0 Å². The number of hydrogen-bond donors (Lipinski definition) is 3. The predicted octanol–water partition coefficient (Wildman–Crippen LogP) is 4.32. The highest BCUT2D eigenvalue weighted by Crippen LogP contribution is 2.33. The third-order valence-corrected chi connectivity index (χ3v) is 5.84. The van der Waals surface area contributed by atoms with Crippen molar-refractivity contribution in [2.45, 2.75) is 53.0 Å². The van der Waals surface area contributed by atoms with Crippen molar-refractivity contribution in [3.05, 3.63) is 36.0 Å². The molecule has 2 heterocycles. The van der Waals surface area contributed by atoms with E-state index in [1.54, 1.807) is 0 Å². The van der Waals surface area contributed by atoms with Crippen LogP contribution in [0.25, 0.3) is 10.9 Å². The van der Waals surface area contributed by atoms with Crippen LogP contribution in [0.3, 0.4) is 0 Å². The van der Waals surface area contributed by atoms with Crippen LogP contribution in [0.1, 0.15) is 45.6 Å². The molecule has 0 unspecified atom stereocenters. The molecular formula is C24H38N6. The number of nitrogen functional groups attached to an aromatic ring is 1. The SMILES string of the molecule is C=C(CCCC)Nc1c(C)c(N)nc2ccc(N3CCN(CNC(C)C)CC3)cc12. The third kappa shape index (κ3) is 5.43. The molecule has 1 aliphatic heterocycles. The minimum absolute atomic E-state index is 0.518. The van der Waals surface area contributed by atoms with Gasteiger partial charge < -0.3 is 21.3 Å². The molecule has 1 fully saturated rings. The highest BCUT2D eigenvalue weighted by Gasteiger charge is 2.19. The average molecular weight is 411 g/mol. The van der Waals surface area contributed by atoms with Crippen molar-refractivity contribution in [2.75, 3.05) is 48.8 Å². The maximum Gasteiger partial charge on any atom is 0.129 e. The zero-order valence-electron chi connectivity index (χ0n) is 19.1. The van der Waals surface area contributed by atoms with E-state index >= 15 is 0 Å². The Morgan fingerprint density at radius 2 is 1.97 bits per heavy atom. The number of unbranched alkanes of at least 4 members (excludes halogenated alkanes) is 1. The van der Waals surface area contributed by atoms with Crippen LogP contribution in [0.2, 0.25) is 0 Å². The van der Waals surface area contributed by atoms with Gasteiger partial charge in [-0.15, -0.1) is 0 Å². The van der Waals surface area contributed by atoms with Gasteiger partial charge in [-0.3, -0.25) is 4.90 Å². The molecule has 0 radical (unpaired) electrons. The molecule has 6 heteroatoms. The number of hydrogen-bond acceptors (Lipinski definition) is 6. The molecule has 30 heavy (non-hydrogen) atoms. The zero-order chi connectivity index (χ0) is 21.7. The third-order valence-electron chi connectivity index (χ3n) is 5.84. The first-order valence-electron chi connectivity index (χ1n) is 11.2. The van der Waals surface area contributed by atoms with Crippen LogP contribution in [0.4, 0.5) is 17.2 Å². The van der Waals surface area contributed by atoms with Crippen molar-refractivity contribution >= 4 is 28.1 Å². The Labute approximate surface area is 181 Å². The van der Waals surface area contributed by atoms with E-state index in [9.17, 15) is 0 Å². The van der Waals surface area contributed by atoms with E-state index in [0.29, 0.717) is 11.9 Å². The lowest BCUT2D eigenvalue weighted by atomic mass is 10.1. The number of nitrogens with one attached hydrogen (secondary N) is 2. The second-order valence-electron chi connectivity index (χ2n) is 8.65. The summed E-state index contributed by atoms with van der Waals surface area (Å²) in [5.41, 5.74) is 11.4. The Kier molecular flexibility index (Phi) is 7.56. The number of pyridine rings is 1. The van der Waals surface area contributed by atoms with Crippen molar-refractivity contribution in [3.63, 3.8) is 0 Å². The molecule has 1 aromatic carbocycles. The molecule has 1 saturated heterocycles. The normalized spacial score (nSPS) is 15.2. The molecule has 0 atom stereocenters. The monoisotopic (exact) mass is 410 g/mol. The number of fused-ring (bicyclic) bond motifs is 1. The number of nitrogens with zero attached hydrogens (tertiary/aromatic N) is 3. The van der Waals surface area contributed by atoms with Crippen LogP contribution < -0.4 is 21.3 Å². The molecular weight excluding hydrogens is 372 g/mol. The van der Waals surface area contributed by atoms with Gasteiger partial charge in [0.15, 0.2) is 0 Å². The summed E-state index contributed by atoms with van der Waals surface area (Å²) >= 11 is 0. The second-order valence-corrected chi connectivity index (χ2v) is 8.65. The first kappa shape index (κ1) is 22.4. The average Bonchev–Trinajstić information content (AvgIpc) is 2.74. The van der Waals surface area contributed by atoms with Crippen LogP contribution >= 0.6 is 0 Å². The van der Waals surface area contributed by atoms with E-state index in [0.717, 1.165) is 80.0 Å². The van der Waals surface area contributed by atoms with Crippen molar-refractivity contribution in [1.29, 1.82) is 0 Å². The minimum Gasteiger partial charge on any atom is -0.383 e. The van der Waals surface area contributed by atoms with Gasteiger partial charge >= 0.3 is 0 Å². The summed E-state index contributed by atoms with van der Waals surface area (Å²) < 4.78 is 0. The molecule has 0 aliphatic carbocycles. The smallest absolute Gasteiger partial charge is 0.129 e. The van der Waals surface area contributed by atoms with Gasteiger partial charge in [0.05, 0.1) is 11.2 Å². The summed E-state index contributed by atoms with van der Waals surface area (Å²) in [6.45, 7) is 18.0. The lowest BCUT2D eigenvalue weighted by Gasteiger charge is -2.36. The Morgan fingerprint density at radius 3 is 2.63 bits per heavy atom. The van der Waals surface area contributed by atoms with Crippen LogP contribution in [-0.2, 0) is 0 Å². The number of piperazine rings is 1. The molecule has 2 aromatic rings. The zero-order valence-corrected chi connectivity index (χ0v) is 19.1. The maximum atomic E-state index is 6.21. The first-order valence-corrected chi connectivity index (χ1v) is 11.2. The van der Waals surface area contributed by atoms with Crippen molar-refractivity contribution in [2.24, 2.45) is 0 Å². The van der Waals surface area contributed by atoms with Crippen molar-refractivity contribution < 1.29 is 0 Å². The van der Waals surface area contributed by atoms with Gasteiger partial charge in [-0.25, -0.2) is 4.98 Å². The summed E-state index contributed by atoms with van der Waals surface area (Å²) in [6, 6.07) is 7.03. The fourth-order valence-corrected chi connectivity index (χ4v) is 3.83. The summed E-state index contributed by atoms with van der Waals surface area (Å²) in [6.07, 6.45) is 3.25. The van der Waals surface area contributed by atoms with Crippen LogP contribution in [0, 0.1) is 6.92 Å². The Hall–Kier alpha value is -2.31. The molecule has 3 rings (SSSR count). The fourth-order valence-electron chi connectivity index (χ4n) is 3.83. The maximum absolute atomic E-state index is 6.21. The molecule has 1 aromatic heterocycles. The van der Waals surface area contributed by atoms with Crippen LogP contribution in [-0.4, -0.2) is 48.8 Å². The van der Waals surface area contributed by atoms with E-state index in [2.05, 4.69) is 71.0 Å². The summed E-state index contributed by atoms with van der Waals surface area (Å²) in [5, 5.41) is 8.17.